The van der Waals surface area contributed by atoms with Gasteiger partial charge in [-0.1, -0.05) is 0 Å². The average Bonchev–Trinajstić information content (AvgIpc) is 3.33. The van der Waals surface area contributed by atoms with Crippen LogP contribution in [0.3, 0.4) is 0 Å². The van der Waals surface area contributed by atoms with E-state index in [2.05, 4.69) is 20.1 Å². The van der Waals surface area contributed by atoms with Crippen LogP contribution in [0.4, 0.5) is 0 Å². The number of nitrogens with one attached hydrogen (secondary N) is 1. The fraction of sp³-hybridized carbons (Fsp3) is 0.667. The van der Waals surface area contributed by atoms with Gasteiger partial charge < -0.3 is 29.2 Å². The molecular formula is C21H34N6O4. The fourth-order valence-electron chi connectivity index (χ4n) is 3.56. The summed E-state index contributed by atoms with van der Waals surface area (Å²) in [6.07, 6.45) is 2.49. The molecule has 10 heteroatoms. The van der Waals surface area contributed by atoms with Gasteiger partial charge in [0.2, 0.25) is 5.91 Å². The third-order valence-corrected chi connectivity index (χ3v) is 5.50. The third kappa shape index (κ3) is 6.96. The van der Waals surface area contributed by atoms with Gasteiger partial charge in [-0.05, 0) is 25.1 Å². The highest BCUT2D eigenvalue weighted by atomic mass is 16.5. The van der Waals surface area contributed by atoms with E-state index >= 15 is 0 Å². The number of furan rings is 1. The SMILES string of the molecule is CN(C)C(=O)CN=C(NCCCN1CCOCC1)N1CCN(C(=O)c2ccco2)CC1. The van der Waals surface area contributed by atoms with Crippen molar-refractivity contribution >= 4 is 17.8 Å². The average molecular weight is 435 g/mol. The molecule has 31 heavy (non-hydrogen) atoms. The Kier molecular flexibility index (Phi) is 8.72. The zero-order valence-corrected chi connectivity index (χ0v) is 18.6. The highest BCUT2D eigenvalue weighted by Gasteiger charge is 2.25. The number of carbonyl (C=O) groups is 2. The lowest BCUT2D eigenvalue weighted by Crippen LogP contribution is -2.54. The highest BCUT2D eigenvalue weighted by Crippen LogP contribution is 2.10. The first-order valence-corrected chi connectivity index (χ1v) is 10.9. The minimum atomic E-state index is -0.0932. The number of guanidine groups is 1. The summed E-state index contributed by atoms with van der Waals surface area (Å²) < 4.78 is 10.6. The second kappa shape index (κ2) is 11.7. The van der Waals surface area contributed by atoms with Crippen molar-refractivity contribution in [2.45, 2.75) is 6.42 Å². The van der Waals surface area contributed by atoms with E-state index in [1.165, 1.54) is 6.26 Å². The Morgan fingerprint density at radius 2 is 1.81 bits per heavy atom. The molecule has 1 aromatic heterocycles. The van der Waals surface area contributed by atoms with Crippen molar-refractivity contribution in [2.75, 3.05) is 86.2 Å². The summed E-state index contributed by atoms with van der Waals surface area (Å²) in [6.45, 7) is 7.89. The number of likely N-dealkylation sites (N-methyl/N-ethyl adjacent to an activating group) is 1. The first-order chi connectivity index (χ1) is 15.0. The molecule has 172 valence electrons. The second-order valence-corrected chi connectivity index (χ2v) is 7.92. The molecule has 0 atom stereocenters. The smallest absolute Gasteiger partial charge is 0.289 e. The van der Waals surface area contributed by atoms with Crippen LogP contribution < -0.4 is 5.32 Å². The van der Waals surface area contributed by atoms with Gasteiger partial charge in [0.1, 0.15) is 6.54 Å². The van der Waals surface area contributed by atoms with E-state index in [1.807, 2.05) is 0 Å². The van der Waals surface area contributed by atoms with Crippen LogP contribution in [-0.2, 0) is 9.53 Å². The number of morpholine rings is 1. The van der Waals surface area contributed by atoms with Gasteiger partial charge in [-0.3, -0.25) is 14.5 Å². The van der Waals surface area contributed by atoms with Gasteiger partial charge in [0, 0.05) is 59.9 Å². The summed E-state index contributed by atoms with van der Waals surface area (Å²) in [5, 5.41) is 3.42. The zero-order valence-electron chi connectivity index (χ0n) is 18.6. The van der Waals surface area contributed by atoms with Gasteiger partial charge in [-0.25, -0.2) is 4.99 Å². The number of nitrogens with zero attached hydrogens (tertiary/aromatic N) is 5. The van der Waals surface area contributed by atoms with Crippen LogP contribution in [0.2, 0.25) is 0 Å². The molecule has 0 spiro atoms. The number of carbonyl (C=O) groups excluding carboxylic acids is 2. The largest absolute Gasteiger partial charge is 0.459 e. The van der Waals surface area contributed by atoms with E-state index < -0.39 is 0 Å². The molecule has 3 rings (SSSR count). The highest BCUT2D eigenvalue weighted by molar-refractivity contribution is 5.91. The molecule has 2 saturated heterocycles. The Bertz CT molecular complexity index is 722. The van der Waals surface area contributed by atoms with Crippen molar-refractivity contribution in [3.05, 3.63) is 24.2 Å². The summed E-state index contributed by atoms with van der Waals surface area (Å²) in [7, 11) is 3.46. The molecular weight excluding hydrogens is 400 g/mol. The summed E-state index contributed by atoms with van der Waals surface area (Å²) in [5.74, 6) is 0.950. The molecule has 1 N–H and O–H groups in total. The minimum absolute atomic E-state index is 0.0424. The van der Waals surface area contributed by atoms with Gasteiger partial charge in [0.15, 0.2) is 11.7 Å². The van der Waals surface area contributed by atoms with E-state index in [0.29, 0.717) is 31.9 Å². The number of piperazine rings is 1. The van der Waals surface area contributed by atoms with Crippen LogP contribution in [0.15, 0.2) is 27.8 Å². The van der Waals surface area contributed by atoms with Crippen LogP contribution in [0, 0.1) is 0 Å². The Morgan fingerprint density at radius 1 is 1.10 bits per heavy atom. The van der Waals surface area contributed by atoms with Gasteiger partial charge in [-0.2, -0.15) is 0 Å². The summed E-state index contributed by atoms with van der Waals surface area (Å²) >= 11 is 0. The molecule has 0 saturated carbocycles. The number of ether oxygens (including phenoxy) is 1. The van der Waals surface area contributed by atoms with Gasteiger partial charge >= 0.3 is 0 Å². The first-order valence-electron chi connectivity index (χ1n) is 10.9. The van der Waals surface area contributed by atoms with Crippen molar-refractivity contribution in [3.8, 4) is 0 Å². The van der Waals surface area contributed by atoms with Crippen LogP contribution in [0.1, 0.15) is 17.0 Å². The molecule has 2 amide bonds. The number of hydrogen-bond donors (Lipinski definition) is 1. The normalized spacial score (nSPS) is 18.2. The van der Waals surface area contributed by atoms with E-state index in [1.54, 1.807) is 36.0 Å². The maximum atomic E-state index is 12.5. The number of rotatable bonds is 7. The molecule has 0 aromatic carbocycles. The molecule has 0 aliphatic carbocycles. The molecule has 0 unspecified atom stereocenters. The fourth-order valence-corrected chi connectivity index (χ4v) is 3.56. The molecule has 3 heterocycles. The molecule has 1 aromatic rings. The number of hydrogen-bond acceptors (Lipinski definition) is 6. The number of amides is 2. The molecule has 10 nitrogen and oxygen atoms in total. The van der Waals surface area contributed by atoms with Gasteiger partial charge in [-0.15, -0.1) is 0 Å². The monoisotopic (exact) mass is 434 g/mol. The lowest BCUT2D eigenvalue weighted by atomic mass is 10.3. The molecule has 2 aliphatic rings. The minimum Gasteiger partial charge on any atom is -0.459 e. The summed E-state index contributed by atoms with van der Waals surface area (Å²) in [6, 6.07) is 3.40. The topological polar surface area (TPSA) is 93.9 Å². The standard InChI is InChI=1S/C21H34N6O4/c1-24(2)19(28)17-23-21(22-6-4-7-25-12-15-30-16-13-25)27-10-8-26(9-11-27)20(29)18-5-3-14-31-18/h3,5,14H,4,6-13,15-17H2,1-2H3,(H,22,23). The van der Waals surface area contributed by atoms with Crippen LogP contribution in [0.25, 0.3) is 0 Å². The van der Waals surface area contributed by atoms with Crippen molar-refractivity contribution in [3.63, 3.8) is 0 Å². The molecule has 0 radical (unpaired) electrons. The van der Waals surface area contributed by atoms with Crippen LogP contribution in [0.5, 0.6) is 0 Å². The van der Waals surface area contributed by atoms with Crippen molar-refractivity contribution in [1.82, 2.24) is 24.9 Å². The second-order valence-electron chi connectivity index (χ2n) is 7.92. The Balaban J connectivity index is 1.51. The Labute approximate surface area is 183 Å². The van der Waals surface area contributed by atoms with Gasteiger partial charge in [0.05, 0.1) is 19.5 Å². The lowest BCUT2D eigenvalue weighted by Gasteiger charge is -2.36. The molecule has 2 aliphatic heterocycles. The van der Waals surface area contributed by atoms with Crippen LogP contribution in [-0.4, -0.2) is 124 Å². The third-order valence-electron chi connectivity index (χ3n) is 5.50. The Morgan fingerprint density at radius 3 is 2.45 bits per heavy atom. The van der Waals surface area contributed by atoms with E-state index in [9.17, 15) is 9.59 Å². The van der Waals surface area contributed by atoms with Crippen molar-refractivity contribution in [1.29, 1.82) is 0 Å². The van der Waals surface area contributed by atoms with E-state index in [4.69, 9.17) is 9.15 Å². The summed E-state index contributed by atoms with van der Waals surface area (Å²) in [5.41, 5.74) is 0. The maximum Gasteiger partial charge on any atom is 0.289 e. The van der Waals surface area contributed by atoms with E-state index in [-0.39, 0.29) is 18.4 Å². The predicted molar refractivity (Wildman–Crippen MR) is 117 cm³/mol. The van der Waals surface area contributed by atoms with Crippen molar-refractivity contribution < 1.29 is 18.7 Å². The predicted octanol–water partition coefficient (Wildman–Crippen LogP) is -0.206. The maximum absolute atomic E-state index is 12.5. The lowest BCUT2D eigenvalue weighted by molar-refractivity contribution is -0.127. The van der Waals surface area contributed by atoms with Crippen LogP contribution >= 0.6 is 0 Å². The first kappa shape index (κ1) is 23.1. The van der Waals surface area contributed by atoms with Gasteiger partial charge in [0.25, 0.3) is 5.91 Å². The quantitative estimate of drug-likeness (QED) is 0.361. The molecule has 0 bridgehead atoms. The van der Waals surface area contributed by atoms with Crippen molar-refractivity contribution in [2.24, 2.45) is 4.99 Å². The molecule has 2 fully saturated rings. The number of aliphatic imine (C=N–C) groups is 1. The van der Waals surface area contributed by atoms with E-state index in [0.717, 1.165) is 51.8 Å². The summed E-state index contributed by atoms with van der Waals surface area (Å²) in [4.78, 5) is 36.9. The Hall–Kier alpha value is -2.59. The zero-order chi connectivity index (χ0) is 22.1.